The quantitative estimate of drug-likeness (QED) is 0.914. The van der Waals surface area contributed by atoms with E-state index in [1.54, 1.807) is 18.3 Å². The van der Waals surface area contributed by atoms with E-state index >= 15 is 0 Å². The normalized spacial score (nSPS) is 19.8. The molecule has 1 aliphatic rings. The first-order valence-electron chi connectivity index (χ1n) is 7.74. The van der Waals surface area contributed by atoms with Gasteiger partial charge in [0.1, 0.15) is 11.6 Å². The third-order valence-corrected chi connectivity index (χ3v) is 4.26. The molecule has 0 saturated carbocycles. The topological polar surface area (TPSA) is 31.9 Å². The van der Waals surface area contributed by atoms with Crippen molar-refractivity contribution in [2.45, 2.75) is 32.2 Å². The van der Waals surface area contributed by atoms with Crippen molar-refractivity contribution in [1.29, 1.82) is 0 Å². The minimum Gasteiger partial charge on any atom is -0.348 e. The average molecular weight is 287 g/mol. The van der Waals surface area contributed by atoms with Crippen LogP contribution in [0.15, 0.2) is 36.7 Å². The van der Waals surface area contributed by atoms with Crippen molar-refractivity contribution < 1.29 is 4.39 Å². The predicted octanol–water partition coefficient (Wildman–Crippen LogP) is 3.39. The van der Waals surface area contributed by atoms with E-state index in [1.807, 2.05) is 12.3 Å². The number of H-pyrrole nitrogens is 1. The molecule has 3 nitrogen and oxygen atoms in total. The number of rotatable bonds is 5. The highest BCUT2D eigenvalue weighted by molar-refractivity contribution is 5.16. The van der Waals surface area contributed by atoms with Gasteiger partial charge in [0.2, 0.25) is 0 Å². The lowest BCUT2D eigenvalue weighted by atomic mass is 9.91. The number of hydrogen-bond acceptors (Lipinski definition) is 2. The van der Waals surface area contributed by atoms with E-state index in [-0.39, 0.29) is 5.82 Å². The molecule has 0 spiro atoms. The number of aryl methyl sites for hydroxylation is 1. The first-order chi connectivity index (χ1) is 10.3. The summed E-state index contributed by atoms with van der Waals surface area (Å²) in [7, 11) is 0. The molecule has 112 valence electrons. The fourth-order valence-electron chi connectivity index (χ4n) is 3.19. The van der Waals surface area contributed by atoms with Gasteiger partial charge in [-0.05, 0) is 55.8 Å². The van der Waals surface area contributed by atoms with Gasteiger partial charge in [0.25, 0.3) is 0 Å². The Bertz CT molecular complexity index is 553. The fraction of sp³-hybridized carbons (Fsp3) is 0.471. The summed E-state index contributed by atoms with van der Waals surface area (Å²) in [6.07, 6.45) is 8.31. The van der Waals surface area contributed by atoms with Gasteiger partial charge >= 0.3 is 0 Å². The van der Waals surface area contributed by atoms with Gasteiger partial charge in [-0.15, -0.1) is 0 Å². The predicted molar refractivity (Wildman–Crippen MR) is 81.3 cm³/mol. The molecule has 4 heteroatoms. The number of imidazole rings is 1. The zero-order valence-corrected chi connectivity index (χ0v) is 12.3. The lowest BCUT2D eigenvalue weighted by Crippen LogP contribution is -2.35. The second kappa shape index (κ2) is 6.85. The van der Waals surface area contributed by atoms with Gasteiger partial charge in [-0.3, -0.25) is 4.90 Å². The molecule has 2 heterocycles. The highest BCUT2D eigenvalue weighted by Gasteiger charge is 2.20. The van der Waals surface area contributed by atoms with Crippen molar-refractivity contribution in [3.05, 3.63) is 53.9 Å². The standard InChI is InChI=1S/C17H22FN3/c18-16-5-1-3-14(11-16)6-7-15-4-2-10-21(12-15)13-17-19-8-9-20-17/h1,3,5,8-9,11,15H,2,4,6-7,10,12-13H2,(H,19,20). The summed E-state index contributed by atoms with van der Waals surface area (Å²) < 4.78 is 13.2. The van der Waals surface area contributed by atoms with Crippen molar-refractivity contribution in [3.63, 3.8) is 0 Å². The molecule has 1 aliphatic heterocycles. The molecule has 0 amide bonds. The van der Waals surface area contributed by atoms with E-state index in [9.17, 15) is 4.39 Å². The van der Waals surface area contributed by atoms with Crippen LogP contribution in [0, 0.1) is 11.7 Å². The molecule has 2 aromatic rings. The van der Waals surface area contributed by atoms with Crippen LogP contribution in [-0.2, 0) is 13.0 Å². The second-order valence-electron chi connectivity index (χ2n) is 5.95. The summed E-state index contributed by atoms with van der Waals surface area (Å²) in [6, 6.07) is 6.99. The Morgan fingerprint density at radius 2 is 2.33 bits per heavy atom. The van der Waals surface area contributed by atoms with Crippen molar-refractivity contribution in [1.82, 2.24) is 14.9 Å². The molecular weight excluding hydrogens is 265 g/mol. The van der Waals surface area contributed by atoms with Crippen LogP contribution in [-0.4, -0.2) is 28.0 Å². The smallest absolute Gasteiger partial charge is 0.123 e. The van der Waals surface area contributed by atoms with Gasteiger partial charge in [0.05, 0.1) is 6.54 Å². The van der Waals surface area contributed by atoms with Crippen LogP contribution < -0.4 is 0 Å². The zero-order valence-electron chi connectivity index (χ0n) is 12.3. The van der Waals surface area contributed by atoms with E-state index in [4.69, 9.17) is 0 Å². The van der Waals surface area contributed by atoms with E-state index in [0.29, 0.717) is 5.92 Å². The molecule has 1 aromatic heterocycles. The van der Waals surface area contributed by atoms with Gasteiger partial charge in [-0.1, -0.05) is 12.1 Å². The van der Waals surface area contributed by atoms with Gasteiger partial charge in [-0.2, -0.15) is 0 Å². The summed E-state index contributed by atoms with van der Waals surface area (Å²) in [5, 5.41) is 0. The minimum absolute atomic E-state index is 0.129. The lowest BCUT2D eigenvalue weighted by molar-refractivity contribution is 0.159. The van der Waals surface area contributed by atoms with Crippen LogP contribution in [0.25, 0.3) is 0 Å². The van der Waals surface area contributed by atoms with Crippen molar-refractivity contribution in [2.24, 2.45) is 5.92 Å². The van der Waals surface area contributed by atoms with Crippen LogP contribution in [0.2, 0.25) is 0 Å². The molecule has 0 radical (unpaired) electrons. The lowest BCUT2D eigenvalue weighted by Gasteiger charge is -2.32. The Morgan fingerprint density at radius 3 is 3.14 bits per heavy atom. The molecule has 21 heavy (non-hydrogen) atoms. The molecule has 1 saturated heterocycles. The molecule has 1 N–H and O–H groups in total. The third-order valence-electron chi connectivity index (χ3n) is 4.26. The molecule has 1 aromatic carbocycles. The third kappa shape index (κ3) is 4.14. The van der Waals surface area contributed by atoms with Gasteiger partial charge in [0, 0.05) is 18.9 Å². The van der Waals surface area contributed by atoms with Gasteiger partial charge in [-0.25, -0.2) is 9.37 Å². The number of halogens is 1. The first kappa shape index (κ1) is 14.3. The SMILES string of the molecule is Fc1cccc(CCC2CCCN(Cc3ncc[nH]3)C2)c1. The monoisotopic (exact) mass is 287 g/mol. The van der Waals surface area contributed by atoms with Crippen LogP contribution in [0.5, 0.6) is 0 Å². The number of likely N-dealkylation sites (tertiary alicyclic amines) is 1. The molecule has 1 fully saturated rings. The Kier molecular flexibility index (Phi) is 4.65. The Balaban J connectivity index is 1.49. The fourth-order valence-corrected chi connectivity index (χ4v) is 3.19. The average Bonchev–Trinajstić information content (AvgIpc) is 2.99. The molecular formula is C17H22FN3. The number of nitrogens with one attached hydrogen (secondary N) is 1. The number of aromatic nitrogens is 2. The molecule has 1 atom stereocenters. The van der Waals surface area contributed by atoms with Crippen molar-refractivity contribution in [2.75, 3.05) is 13.1 Å². The maximum atomic E-state index is 13.2. The van der Waals surface area contributed by atoms with E-state index in [2.05, 4.69) is 14.9 Å². The molecule has 1 unspecified atom stereocenters. The summed E-state index contributed by atoms with van der Waals surface area (Å²) in [5.41, 5.74) is 1.11. The summed E-state index contributed by atoms with van der Waals surface area (Å²) in [6.45, 7) is 3.18. The zero-order chi connectivity index (χ0) is 14.5. The van der Waals surface area contributed by atoms with E-state index in [0.717, 1.165) is 43.9 Å². The minimum atomic E-state index is -0.129. The number of nitrogens with zero attached hydrogens (tertiary/aromatic N) is 2. The van der Waals surface area contributed by atoms with E-state index < -0.39 is 0 Å². The number of piperidine rings is 1. The van der Waals surface area contributed by atoms with Gasteiger partial charge < -0.3 is 4.98 Å². The molecule has 3 rings (SSSR count). The molecule has 0 bridgehead atoms. The van der Waals surface area contributed by atoms with Crippen LogP contribution >= 0.6 is 0 Å². The van der Waals surface area contributed by atoms with Crippen LogP contribution in [0.1, 0.15) is 30.7 Å². The maximum Gasteiger partial charge on any atom is 0.123 e. The highest BCUT2D eigenvalue weighted by atomic mass is 19.1. The summed E-state index contributed by atoms with van der Waals surface area (Å²) in [5.74, 6) is 1.62. The van der Waals surface area contributed by atoms with Crippen LogP contribution in [0.4, 0.5) is 4.39 Å². The highest BCUT2D eigenvalue weighted by Crippen LogP contribution is 2.22. The van der Waals surface area contributed by atoms with Crippen LogP contribution in [0.3, 0.4) is 0 Å². The van der Waals surface area contributed by atoms with Crippen molar-refractivity contribution >= 4 is 0 Å². The maximum absolute atomic E-state index is 13.2. The Morgan fingerprint density at radius 1 is 1.38 bits per heavy atom. The number of aromatic amines is 1. The van der Waals surface area contributed by atoms with Crippen molar-refractivity contribution in [3.8, 4) is 0 Å². The number of benzene rings is 1. The van der Waals surface area contributed by atoms with E-state index in [1.165, 1.54) is 18.9 Å². The number of hydrogen-bond donors (Lipinski definition) is 1. The first-order valence-corrected chi connectivity index (χ1v) is 7.74. The second-order valence-corrected chi connectivity index (χ2v) is 5.95. The largest absolute Gasteiger partial charge is 0.348 e. The Labute approximate surface area is 125 Å². The summed E-state index contributed by atoms with van der Waals surface area (Å²) in [4.78, 5) is 9.94. The van der Waals surface area contributed by atoms with Gasteiger partial charge in [0.15, 0.2) is 0 Å². The molecule has 0 aliphatic carbocycles. The Hall–Kier alpha value is -1.68. The summed E-state index contributed by atoms with van der Waals surface area (Å²) >= 11 is 0.